The Hall–Kier alpha value is -0.0200. The van der Waals surface area contributed by atoms with Gasteiger partial charge in [-0.15, -0.1) is 0 Å². The summed E-state index contributed by atoms with van der Waals surface area (Å²) in [6.07, 6.45) is 2.79. The summed E-state index contributed by atoms with van der Waals surface area (Å²) in [5.74, 6) is 1.49. The van der Waals surface area contributed by atoms with Gasteiger partial charge in [0.05, 0.1) is 6.54 Å². The van der Waals surface area contributed by atoms with Crippen molar-refractivity contribution < 1.29 is 12.8 Å². The molecular weight excluding hydrogens is 352 g/mol. The van der Waals surface area contributed by atoms with Crippen LogP contribution in [-0.4, -0.2) is 33.5 Å². The number of nitrogens with one attached hydrogen (secondary N) is 2. The second-order valence-corrected chi connectivity index (χ2v) is 7.57. The summed E-state index contributed by atoms with van der Waals surface area (Å²) in [6, 6.07) is 1.43. The maximum atomic E-state index is 12.2. The lowest BCUT2D eigenvalue weighted by atomic mass is 10.3. The second kappa shape index (κ2) is 7.68. The van der Waals surface area contributed by atoms with E-state index in [0.717, 1.165) is 12.2 Å². The molecule has 2 N–H and O–H groups in total. The predicted octanol–water partition coefficient (Wildman–Crippen LogP) is 2.18. The Morgan fingerprint density at radius 1 is 1.53 bits per heavy atom. The van der Waals surface area contributed by atoms with Gasteiger partial charge in [-0.1, -0.05) is 0 Å². The average molecular weight is 371 g/mol. The lowest BCUT2D eigenvalue weighted by molar-refractivity contribution is 0.469. The van der Waals surface area contributed by atoms with Gasteiger partial charge in [-0.2, -0.15) is 11.8 Å². The highest BCUT2D eigenvalue weighted by Gasteiger charge is 2.23. The summed E-state index contributed by atoms with van der Waals surface area (Å²) in [7, 11) is -1.77. The summed E-state index contributed by atoms with van der Waals surface area (Å²) in [4.78, 5) is 0.147. The van der Waals surface area contributed by atoms with Crippen molar-refractivity contribution in [1.82, 2.24) is 10.0 Å². The van der Waals surface area contributed by atoms with Crippen LogP contribution in [0.2, 0.25) is 0 Å². The summed E-state index contributed by atoms with van der Waals surface area (Å²) in [6.45, 7) is 2.34. The van der Waals surface area contributed by atoms with Crippen molar-refractivity contribution in [2.24, 2.45) is 0 Å². The molecule has 0 aliphatic heterocycles. The van der Waals surface area contributed by atoms with Gasteiger partial charge in [0.2, 0.25) is 10.0 Å². The number of sulfonamides is 1. The zero-order valence-electron chi connectivity index (χ0n) is 11.2. The SMILES string of the molecule is CNCc1cc(S(=O)(=O)NC(C)CCSC)c(Br)o1. The molecule has 1 heterocycles. The second-order valence-electron chi connectivity index (χ2n) is 4.18. The third-order valence-corrected chi connectivity index (χ3v) is 5.55. The lowest BCUT2D eigenvalue weighted by Crippen LogP contribution is -2.33. The number of halogens is 1. The van der Waals surface area contributed by atoms with E-state index in [9.17, 15) is 8.42 Å². The molecule has 8 heteroatoms. The molecule has 1 aromatic heterocycles. The standard InChI is InChI=1S/C11H19BrN2O3S2/c1-8(4-5-18-3)14-19(15,16)10-6-9(7-13-2)17-11(10)12/h6,8,13-14H,4-5,7H2,1-3H3. The van der Waals surface area contributed by atoms with E-state index in [4.69, 9.17) is 4.42 Å². The van der Waals surface area contributed by atoms with E-state index >= 15 is 0 Å². The molecule has 0 bridgehead atoms. The van der Waals surface area contributed by atoms with Crippen molar-refractivity contribution in [1.29, 1.82) is 0 Å². The van der Waals surface area contributed by atoms with Crippen LogP contribution < -0.4 is 10.0 Å². The van der Waals surface area contributed by atoms with Crippen LogP contribution in [0.15, 0.2) is 20.0 Å². The summed E-state index contributed by atoms with van der Waals surface area (Å²) < 4.78 is 32.7. The summed E-state index contributed by atoms with van der Waals surface area (Å²) in [5.41, 5.74) is 0. The van der Waals surface area contributed by atoms with Crippen molar-refractivity contribution >= 4 is 37.7 Å². The van der Waals surface area contributed by atoms with Crippen molar-refractivity contribution in [3.63, 3.8) is 0 Å². The van der Waals surface area contributed by atoms with Gasteiger partial charge in [-0.05, 0) is 48.3 Å². The van der Waals surface area contributed by atoms with Crippen LogP contribution in [0.3, 0.4) is 0 Å². The third kappa shape index (κ3) is 5.11. The van der Waals surface area contributed by atoms with Crippen LogP contribution in [0.1, 0.15) is 19.1 Å². The monoisotopic (exact) mass is 370 g/mol. The van der Waals surface area contributed by atoms with Crippen molar-refractivity contribution in [2.45, 2.75) is 30.8 Å². The number of hydrogen-bond donors (Lipinski definition) is 2. The quantitative estimate of drug-likeness (QED) is 0.733. The smallest absolute Gasteiger partial charge is 0.245 e. The summed E-state index contributed by atoms with van der Waals surface area (Å²) in [5, 5.41) is 2.91. The van der Waals surface area contributed by atoms with Gasteiger partial charge in [0, 0.05) is 12.1 Å². The minimum absolute atomic E-state index is 0.105. The Balaban J connectivity index is 2.82. The Kier molecular flexibility index (Phi) is 6.89. The van der Waals surface area contributed by atoms with Crippen molar-refractivity contribution in [3.8, 4) is 0 Å². The zero-order valence-corrected chi connectivity index (χ0v) is 14.4. The molecule has 110 valence electrons. The zero-order chi connectivity index (χ0) is 14.5. The molecule has 0 amide bonds. The van der Waals surface area contributed by atoms with Crippen LogP contribution in [0, 0.1) is 0 Å². The highest BCUT2D eigenvalue weighted by Crippen LogP contribution is 2.26. The molecule has 1 rings (SSSR count). The first kappa shape index (κ1) is 17.0. The number of hydrogen-bond acceptors (Lipinski definition) is 5. The topological polar surface area (TPSA) is 71.3 Å². The lowest BCUT2D eigenvalue weighted by Gasteiger charge is -2.12. The van der Waals surface area contributed by atoms with Gasteiger partial charge < -0.3 is 9.73 Å². The Morgan fingerprint density at radius 3 is 2.79 bits per heavy atom. The highest BCUT2D eigenvalue weighted by molar-refractivity contribution is 9.10. The third-order valence-electron chi connectivity index (χ3n) is 2.46. The molecule has 1 aromatic rings. The van der Waals surface area contributed by atoms with E-state index in [0.29, 0.717) is 12.3 Å². The molecule has 19 heavy (non-hydrogen) atoms. The first-order valence-corrected chi connectivity index (χ1v) is 9.51. The molecule has 0 spiro atoms. The molecule has 0 aromatic carbocycles. The van der Waals surface area contributed by atoms with Crippen molar-refractivity contribution in [3.05, 3.63) is 16.5 Å². The normalized spacial score (nSPS) is 13.7. The van der Waals surface area contributed by atoms with Gasteiger partial charge in [-0.3, -0.25) is 0 Å². The van der Waals surface area contributed by atoms with Gasteiger partial charge in [0.25, 0.3) is 0 Å². The van der Waals surface area contributed by atoms with Gasteiger partial charge >= 0.3 is 0 Å². The van der Waals surface area contributed by atoms with Crippen LogP contribution in [0.5, 0.6) is 0 Å². The Morgan fingerprint density at radius 2 is 2.21 bits per heavy atom. The van der Waals surface area contributed by atoms with Crippen LogP contribution >= 0.6 is 27.7 Å². The molecule has 5 nitrogen and oxygen atoms in total. The first-order valence-electron chi connectivity index (χ1n) is 5.84. The molecular formula is C11H19BrN2O3S2. The van der Waals surface area contributed by atoms with E-state index < -0.39 is 10.0 Å². The fourth-order valence-electron chi connectivity index (χ4n) is 1.52. The number of thioether (sulfide) groups is 1. The fourth-order valence-corrected chi connectivity index (χ4v) is 4.39. The van der Waals surface area contributed by atoms with E-state index in [2.05, 4.69) is 26.0 Å². The number of rotatable bonds is 8. The summed E-state index contributed by atoms with van der Waals surface area (Å²) >= 11 is 4.84. The Bertz CT molecular complexity index is 502. The number of furan rings is 1. The fraction of sp³-hybridized carbons (Fsp3) is 0.636. The van der Waals surface area contributed by atoms with E-state index in [1.807, 2.05) is 13.2 Å². The molecule has 1 atom stereocenters. The van der Waals surface area contributed by atoms with Gasteiger partial charge in [-0.25, -0.2) is 13.1 Å². The van der Waals surface area contributed by atoms with Gasteiger partial charge in [0.15, 0.2) is 4.67 Å². The van der Waals surface area contributed by atoms with Crippen LogP contribution in [0.25, 0.3) is 0 Å². The maximum absolute atomic E-state index is 12.2. The molecule has 1 unspecified atom stereocenters. The molecule has 0 saturated carbocycles. The Labute approximate surface area is 127 Å². The molecule has 0 aliphatic rings. The van der Waals surface area contributed by atoms with Crippen LogP contribution in [0.4, 0.5) is 0 Å². The predicted molar refractivity (Wildman–Crippen MR) is 82.0 cm³/mol. The molecule has 0 fully saturated rings. The molecule has 0 saturated heterocycles. The minimum atomic E-state index is -3.55. The first-order chi connectivity index (χ1) is 8.90. The molecule has 0 aliphatic carbocycles. The average Bonchev–Trinajstić information content (AvgIpc) is 2.68. The minimum Gasteiger partial charge on any atom is -0.452 e. The van der Waals surface area contributed by atoms with Crippen LogP contribution in [-0.2, 0) is 16.6 Å². The molecule has 0 radical (unpaired) electrons. The van der Waals surface area contributed by atoms with E-state index in [-0.39, 0.29) is 15.6 Å². The maximum Gasteiger partial charge on any atom is 0.245 e. The van der Waals surface area contributed by atoms with Crippen molar-refractivity contribution in [2.75, 3.05) is 19.1 Å². The van der Waals surface area contributed by atoms with E-state index in [1.165, 1.54) is 6.07 Å². The highest BCUT2D eigenvalue weighted by atomic mass is 79.9. The largest absolute Gasteiger partial charge is 0.452 e. The van der Waals surface area contributed by atoms with E-state index in [1.54, 1.807) is 18.8 Å². The van der Waals surface area contributed by atoms with Gasteiger partial charge in [0.1, 0.15) is 10.7 Å².